The van der Waals surface area contributed by atoms with E-state index in [1.54, 1.807) is 14.2 Å². The third-order valence-electron chi connectivity index (χ3n) is 5.72. The molecule has 1 fully saturated rings. The first-order valence-electron chi connectivity index (χ1n) is 11.2. The van der Waals surface area contributed by atoms with E-state index in [2.05, 4.69) is 10.2 Å². The quantitative estimate of drug-likeness (QED) is 0.494. The van der Waals surface area contributed by atoms with Crippen molar-refractivity contribution >= 4 is 17.5 Å². The Morgan fingerprint density at radius 1 is 1.12 bits per heavy atom. The van der Waals surface area contributed by atoms with Gasteiger partial charge in [-0.3, -0.25) is 9.69 Å². The molecule has 1 aliphatic rings. The predicted octanol–water partition coefficient (Wildman–Crippen LogP) is 4.01. The number of carbonyl (C=O) groups is 1. The number of ether oxygens (including phenoxy) is 4. The maximum Gasteiger partial charge on any atom is 0.220 e. The highest BCUT2D eigenvalue weighted by molar-refractivity contribution is 6.31. The Morgan fingerprint density at radius 2 is 1.88 bits per heavy atom. The van der Waals surface area contributed by atoms with Crippen LogP contribution >= 0.6 is 11.6 Å². The van der Waals surface area contributed by atoms with Crippen LogP contribution in [0.5, 0.6) is 17.2 Å². The lowest BCUT2D eigenvalue weighted by molar-refractivity contribution is -0.121. The van der Waals surface area contributed by atoms with Gasteiger partial charge in [0, 0.05) is 31.1 Å². The lowest BCUT2D eigenvalue weighted by Gasteiger charge is -2.35. The minimum absolute atomic E-state index is 0.00428. The third kappa shape index (κ3) is 7.25. The molecule has 0 bridgehead atoms. The second-order valence-electron chi connectivity index (χ2n) is 7.95. The standard InChI is InChI=1S/C25H33ClN2O5/c1-18-15-20(7-8-21(18)26)33-12-4-5-25(29)27-17-22(28-10-13-32-14-11-28)19-6-9-23(30-2)24(16-19)31-3/h6-9,15-16,22H,4-5,10-14,17H2,1-3H3,(H,27,29). The van der Waals surface area contributed by atoms with Gasteiger partial charge in [-0.1, -0.05) is 17.7 Å². The number of benzene rings is 2. The predicted molar refractivity (Wildman–Crippen MR) is 129 cm³/mol. The van der Waals surface area contributed by atoms with Crippen molar-refractivity contribution in [3.05, 3.63) is 52.5 Å². The van der Waals surface area contributed by atoms with Crippen LogP contribution in [0.2, 0.25) is 5.02 Å². The van der Waals surface area contributed by atoms with Gasteiger partial charge in [-0.15, -0.1) is 0 Å². The van der Waals surface area contributed by atoms with E-state index < -0.39 is 0 Å². The molecule has 7 nitrogen and oxygen atoms in total. The monoisotopic (exact) mass is 476 g/mol. The first-order chi connectivity index (χ1) is 16.0. The number of aryl methyl sites for hydroxylation is 1. The van der Waals surface area contributed by atoms with Crippen molar-refractivity contribution in [2.24, 2.45) is 0 Å². The summed E-state index contributed by atoms with van der Waals surface area (Å²) in [5.41, 5.74) is 2.03. The van der Waals surface area contributed by atoms with Crippen molar-refractivity contribution in [3.8, 4) is 17.2 Å². The van der Waals surface area contributed by atoms with E-state index >= 15 is 0 Å². The summed E-state index contributed by atoms with van der Waals surface area (Å²) in [6, 6.07) is 11.5. The highest BCUT2D eigenvalue weighted by Crippen LogP contribution is 2.32. The molecule has 1 atom stereocenters. The van der Waals surface area contributed by atoms with E-state index in [9.17, 15) is 4.79 Å². The third-order valence-corrected chi connectivity index (χ3v) is 6.14. The van der Waals surface area contributed by atoms with Gasteiger partial charge < -0.3 is 24.3 Å². The van der Waals surface area contributed by atoms with Crippen LogP contribution in [0.1, 0.15) is 30.0 Å². The molecule has 0 aromatic heterocycles. The molecule has 33 heavy (non-hydrogen) atoms. The molecule has 3 rings (SSSR count). The molecule has 8 heteroatoms. The Morgan fingerprint density at radius 3 is 2.58 bits per heavy atom. The van der Waals surface area contributed by atoms with Crippen LogP contribution in [0, 0.1) is 6.92 Å². The molecule has 1 N–H and O–H groups in total. The van der Waals surface area contributed by atoms with E-state index in [0.29, 0.717) is 55.7 Å². The number of halogens is 1. The zero-order valence-corrected chi connectivity index (χ0v) is 20.3. The molecule has 1 heterocycles. The van der Waals surface area contributed by atoms with Gasteiger partial charge in [-0.2, -0.15) is 0 Å². The number of nitrogens with one attached hydrogen (secondary N) is 1. The van der Waals surface area contributed by atoms with Gasteiger partial charge in [0.05, 0.1) is 40.1 Å². The molecule has 1 saturated heterocycles. The Bertz CT molecular complexity index is 918. The van der Waals surface area contributed by atoms with Gasteiger partial charge in [-0.25, -0.2) is 0 Å². The summed E-state index contributed by atoms with van der Waals surface area (Å²) >= 11 is 6.04. The van der Waals surface area contributed by atoms with Crippen LogP contribution in [0.4, 0.5) is 0 Å². The minimum Gasteiger partial charge on any atom is -0.494 e. The number of amides is 1. The van der Waals surface area contributed by atoms with Crippen molar-refractivity contribution in [2.45, 2.75) is 25.8 Å². The summed E-state index contributed by atoms with van der Waals surface area (Å²) < 4.78 is 22.1. The van der Waals surface area contributed by atoms with Gasteiger partial charge in [-0.05, 0) is 54.8 Å². The van der Waals surface area contributed by atoms with Crippen molar-refractivity contribution in [2.75, 3.05) is 53.7 Å². The van der Waals surface area contributed by atoms with Crippen LogP contribution in [-0.4, -0.2) is 64.5 Å². The Balaban J connectivity index is 1.54. The minimum atomic E-state index is 0.00428. The van der Waals surface area contributed by atoms with Crippen LogP contribution in [0.15, 0.2) is 36.4 Å². The summed E-state index contributed by atoms with van der Waals surface area (Å²) in [7, 11) is 3.25. The molecule has 0 radical (unpaired) electrons. The topological polar surface area (TPSA) is 69.3 Å². The lowest BCUT2D eigenvalue weighted by atomic mass is 10.0. The van der Waals surface area contributed by atoms with Gasteiger partial charge >= 0.3 is 0 Å². The normalized spacial score (nSPS) is 15.0. The smallest absolute Gasteiger partial charge is 0.220 e. The van der Waals surface area contributed by atoms with E-state index in [-0.39, 0.29) is 11.9 Å². The second kappa shape index (κ2) is 12.7. The van der Waals surface area contributed by atoms with E-state index in [0.717, 1.165) is 30.0 Å². The van der Waals surface area contributed by atoms with Crippen LogP contribution in [0.25, 0.3) is 0 Å². The van der Waals surface area contributed by atoms with Crippen molar-refractivity contribution < 1.29 is 23.7 Å². The molecule has 180 valence electrons. The van der Waals surface area contributed by atoms with Crippen LogP contribution in [-0.2, 0) is 9.53 Å². The Kier molecular flexibility index (Phi) is 9.66. The molecular weight excluding hydrogens is 444 g/mol. The fourth-order valence-electron chi connectivity index (χ4n) is 3.84. The SMILES string of the molecule is COc1ccc(C(CNC(=O)CCCOc2ccc(Cl)c(C)c2)N2CCOCC2)cc1OC. The van der Waals surface area contributed by atoms with Gasteiger partial charge in [0.15, 0.2) is 11.5 Å². The lowest BCUT2D eigenvalue weighted by Crippen LogP contribution is -2.43. The number of morpholine rings is 1. The number of carbonyl (C=O) groups excluding carboxylic acids is 1. The summed E-state index contributed by atoms with van der Waals surface area (Å²) in [5, 5.41) is 3.81. The molecule has 0 aliphatic carbocycles. The highest BCUT2D eigenvalue weighted by Gasteiger charge is 2.24. The van der Waals surface area contributed by atoms with Crippen LogP contribution in [0.3, 0.4) is 0 Å². The molecule has 1 aliphatic heterocycles. The number of hydrogen-bond acceptors (Lipinski definition) is 6. The molecular formula is C25H33ClN2O5. The number of nitrogens with zero attached hydrogens (tertiary/aromatic N) is 1. The van der Waals surface area contributed by atoms with Crippen molar-refractivity contribution in [1.82, 2.24) is 10.2 Å². The Hall–Kier alpha value is -2.48. The maximum absolute atomic E-state index is 12.5. The molecule has 2 aromatic carbocycles. The van der Waals surface area contributed by atoms with E-state index in [4.69, 9.17) is 30.5 Å². The Labute approximate surface area is 200 Å². The second-order valence-corrected chi connectivity index (χ2v) is 8.35. The number of rotatable bonds is 11. The number of methoxy groups -OCH3 is 2. The van der Waals surface area contributed by atoms with Gasteiger partial charge in [0.1, 0.15) is 5.75 Å². The molecule has 0 spiro atoms. The fourth-order valence-corrected chi connectivity index (χ4v) is 3.95. The largest absolute Gasteiger partial charge is 0.494 e. The highest BCUT2D eigenvalue weighted by atomic mass is 35.5. The van der Waals surface area contributed by atoms with Gasteiger partial charge in [0.2, 0.25) is 5.91 Å². The number of hydrogen-bond donors (Lipinski definition) is 1. The summed E-state index contributed by atoms with van der Waals surface area (Å²) in [6.45, 7) is 5.89. The zero-order chi connectivity index (χ0) is 23.6. The van der Waals surface area contributed by atoms with E-state index in [1.165, 1.54) is 0 Å². The average molecular weight is 477 g/mol. The molecule has 2 aromatic rings. The summed E-state index contributed by atoms with van der Waals surface area (Å²) in [4.78, 5) is 14.9. The first kappa shape index (κ1) is 25.1. The summed E-state index contributed by atoms with van der Waals surface area (Å²) in [6.07, 6.45) is 1.03. The average Bonchev–Trinajstić information content (AvgIpc) is 2.84. The maximum atomic E-state index is 12.5. The molecule has 1 amide bonds. The summed E-state index contributed by atoms with van der Waals surface area (Å²) in [5.74, 6) is 2.12. The fraction of sp³-hybridized carbons (Fsp3) is 0.480. The zero-order valence-electron chi connectivity index (χ0n) is 19.6. The molecule has 1 unspecified atom stereocenters. The van der Waals surface area contributed by atoms with Crippen LogP contribution < -0.4 is 19.5 Å². The molecule has 0 saturated carbocycles. The van der Waals surface area contributed by atoms with Crippen molar-refractivity contribution in [3.63, 3.8) is 0 Å². The first-order valence-corrected chi connectivity index (χ1v) is 11.6. The van der Waals surface area contributed by atoms with E-state index in [1.807, 2.05) is 43.3 Å². The van der Waals surface area contributed by atoms with Crippen molar-refractivity contribution in [1.29, 1.82) is 0 Å². The van der Waals surface area contributed by atoms with Gasteiger partial charge in [0.25, 0.3) is 0 Å².